The van der Waals surface area contributed by atoms with E-state index < -0.39 is 10.2 Å². The van der Waals surface area contributed by atoms with E-state index in [4.69, 9.17) is 11.1 Å². The minimum atomic E-state index is -3.39. The van der Waals surface area contributed by atoms with Crippen LogP contribution in [0.2, 0.25) is 0 Å². The molecule has 6 nitrogen and oxygen atoms in total. The van der Waals surface area contributed by atoms with Gasteiger partial charge in [0.15, 0.2) is 0 Å². The van der Waals surface area contributed by atoms with Crippen LogP contribution >= 0.6 is 0 Å². The molecular weight excluding hydrogens is 252 g/mol. The number of nitrogens with one attached hydrogen (secondary N) is 1. The predicted molar refractivity (Wildman–Crippen MR) is 72.7 cm³/mol. The largest absolute Gasteiger partial charge is 0.388 e. The van der Waals surface area contributed by atoms with E-state index in [1.54, 1.807) is 4.31 Å². The monoisotopic (exact) mass is 276 g/mol. The molecule has 0 bridgehead atoms. The second kappa shape index (κ2) is 6.49. The van der Waals surface area contributed by atoms with Crippen molar-refractivity contribution in [1.29, 1.82) is 5.41 Å². The first kappa shape index (κ1) is 15.4. The highest BCUT2D eigenvalue weighted by Gasteiger charge is 2.31. The smallest absolute Gasteiger partial charge is 0.281 e. The molecule has 0 amide bonds. The zero-order valence-corrected chi connectivity index (χ0v) is 12.0. The molecule has 0 aliphatic carbocycles. The van der Waals surface area contributed by atoms with E-state index in [0.717, 1.165) is 12.8 Å². The van der Waals surface area contributed by atoms with E-state index >= 15 is 0 Å². The molecule has 0 aromatic rings. The molecule has 1 aliphatic heterocycles. The Morgan fingerprint density at radius 3 is 2.72 bits per heavy atom. The van der Waals surface area contributed by atoms with Crippen LogP contribution in [0.4, 0.5) is 0 Å². The number of nitrogens with zero attached hydrogens (tertiary/aromatic N) is 2. The number of piperidine rings is 1. The van der Waals surface area contributed by atoms with E-state index in [1.165, 1.54) is 4.31 Å². The molecule has 0 spiro atoms. The summed E-state index contributed by atoms with van der Waals surface area (Å²) in [6.45, 7) is 5.79. The summed E-state index contributed by atoms with van der Waals surface area (Å²) in [5.41, 5.74) is 5.29. The van der Waals surface area contributed by atoms with Gasteiger partial charge in [-0.2, -0.15) is 17.0 Å². The van der Waals surface area contributed by atoms with Crippen LogP contribution in [0.3, 0.4) is 0 Å². The van der Waals surface area contributed by atoms with Crippen LogP contribution < -0.4 is 5.73 Å². The van der Waals surface area contributed by atoms with Crippen LogP contribution in [-0.4, -0.2) is 49.0 Å². The van der Waals surface area contributed by atoms with Crippen LogP contribution in [-0.2, 0) is 10.2 Å². The summed E-state index contributed by atoms with van der Waals surface area (Å²) in [7, 11) is -3.39. The molecule has 1 rings (SSSR count). The fraction of sp³-hybridized carbons (Fsp3) is 0.909. The van der Waals surface area contributed by atoms with Gasteiger partial charge in [-0.15, -0.1) is 0 Å². The zero-order valence-electron chi connectivity index (χ0n) is 11.2. The molecule has 0 saturated carbocycles. The number of hydrogen-bond donors (Lipinski definition) is 2. The van der Waals surface area contributed by atoms with Gasteiger partial charge in [-0.05, 0) is 18.8 Å². The lowest BCUT2D eigenvalue weighted by atomic mass is 10.0. The highest BCUT2D eigenvalue weighted by molar-refractivity contribution is 7.86. The lowest BCUT2D eigenvalue weighted by molar-refractivity contribution is 0.260. The zero-order chi connectivity index (χ0) is 13.8. The van der Waals surface area contributed by atoms with E-state index in [0.29, 0.717) is 32.1 Å². The van der Waals surface area contributed by atoms with E-state index in [9.17, 15) is 8.42 Å². The molecular formula is C11H24N4O2S. The normalized spacial score (nSPS) is 22.3. The summed E-state index contributed by atoms with van der Waals surface area (Å²) in [5.74, 6) is 0.440. The number of amidine groups is 1. The van der Waals surface area contributed by atoms with Gasteiger partial charge in [0.25, 0.3) is 10.2 Å². The molecule has 1 aliphatic rings. The Balaban J connectivity index is 2.72. The highest BCUT2D eigenvalue weighted by atomic mass is 32.2. The van der Waals surface area contributed by atoms with Gasteiger partial charge in [0.1, 0.15) is 0 Å². The summed E-state index contributed by atoms with van der Waals surface area (Å²) in [4.78, 5) is 0. The van der Waals surface area contributed by atoms with E-state index in [2.05, 4.69) is 6.92 Å². The van der Waals surface area contributed by atoms with Gasteiger partial charge in [-0.1, -0.05) is 13.8 Å². The Labute approximate surface area is 110 Å². The first-order chi connectivity index (χ1) is 8.37. The number of rotatable bonds is 6. The fourth-order valence-corrected chi connectivity index (χ4v) is 3.98. The minimum absolute atomic E-state index is 0.0238. The maximum absolute atomic E-state index is 12.4. The first-order valence-electron chi connectivity index (χ1n) is 6.46. The average Bonchev–Trinajstić information content (AvgIpc) is 2.29. The van der Waals surface area contributed by atoms with Gasteiger partial charge in [-0.25, -0.2) is 0 Å². The second-order valence-corrected chi connectivity index (χ2v) is 6.81. The van der Waals surface area contributed by atoms with Gasteiger partial charge < -0.3 is 5.73 Å². The molecule has 0 aromatic carbocycles. The summed E-state index contributed by atoms with van der Waals surface area (Å²) < 4.78 is 27.8. The quantitative estimate of drug-likeness (QED) is 0.550. The van der Waals surface area contributed by atoms with Crippen LogP contribution in [0.15, 0.2) is 0 Å². The molecule has 1 heterocycles. The second-order valence-electron chi connectivity index (χ2n) is 4.88. The van der Waals surface area contributed by atoms with Crippen molar-refractivity contribution in [2.75, 3.05) is 26.2 Å². The van der Waals surface area contributed by atoms with Gasteiger partial charge in [0.05, 0.1) is 5.84 Å². The van der Waals surface area contributed by atoms with Gasteiger partial charge in [0, 0.05) is 32.6 Å². The highest BCUT2D eigenvalue weighted by Crippen LogP contribution is 2.20. The molecule has 3 N–H and O–H groups in total. The molecule has 18 heavy (non-hydrogen) atoms. The van der Waals surface area contributed by atoms with Crippen molar-refractivity contribution in [2.45, 2.75) is 33.1 Å². The molecule has 1 atom stereocenters. The Kier molecular flexibility index (Phi) is 5.55. The van der Waals surface area contributed by atoms with Gasteiger partial charge >= 0.3 is 0 Å². The topological polar surface area (TPSA) is 90.5 Å². The molecule has 0 aromatic heterocycles. The minimum Gasteiger partial charge on any atom is -0.388 e. The molecule has 1 unspecified atom stereocenters. The Morgan fingerprint density at radius 2 is 2.22 bits per heavy atom. The maximum atomic E-state index is 12.4. The molecule has 7 heteroatoms. The summed E-state index contributed by atoms with van der Waals surface area (Å²) in [5, 5.41) is 7.19. The van der Waals surface area contributed by atoms with Crippen molar-refractivity contribution < 1.29 is 8.42 Å². The molecule has 0 radical (unpaired) electrons. The summed E-state index contributed by atoms with van der Waals surface area (Å²) in [6.07, 6.45) is 2.30. The summed E-state index contributed by atoms with van der Waals surface area (Å²) >= 11 is 0. The Hall–Kier alpha value is -0.660. The molecule has 106 valence electrons. The molecule has 1 saturated heterocycles. The first-order valence-corrected chi connectivity index (χ1v) is 7.85. The lowest BCUT2D eigenvalue weighted by Gasteiger charge is -2.34. The van der Waals surface area contributed by atoms with Crippen LogP contribution in [0.1, 0.15) is 33.1 Å². The van der Waals surface area contributed by atoms with Crippen molar-refractivity contribution >= 4 is 16.0 Å². The Morgan fingerprint density at radius 1 is 1.56 bits per heavy atom. The third kappa shape index (κ3) is 3.93. The SMILES string of the molecule is CCN(CCC(=N)N)S(=O)(=O)N1CCCC(C)C1. The van der Waals surface area contributed by atoms with Crippen molar-refractivity contribution in [3.63, 3.8) is 0 Å². The summed E-state index contributed by atoms with van der Waals surface area (Å²) in [6, 6.07) is 0. The number of hydrogen-bond acceptors (Lipinski definition) is 3. The van der Waals surface area contributed by atoms with E-state index in [-0.39, 0.29) is 12.3 Å². The van der Waals surface area contributed by atoms with Gasteiger partial charge in [-0.3, -0.25) is 5.41 Å². The van der Waals surface area contributed by atoms with E-state index in [1.807, 2.05) is 6.92 Å². The third-order valence-electron chi connectivity index (χ3n) is 3.26. The lowest BCUT2D eigenvalue weighted by Crippen LogP contribution is -2.48. The standard InChI is InChI=1S/C11H24N4O2S/c1-3-14(8-6-11(12)13)18(16,17)15-7-4-5-10(2)9-15/h10H,3-9H2,1-2H3,(H3,12,13). The van der Waals surface area contributed by atoms with Crippen molar-refractivity contribution in [2.24, 2.45) is 11.7 Å². The maximum Gasteiger partial charge on any atom is 0.281 e. The molecule has 1 fully saturated rings. The fourth-order valence-electron chi connectivity index (χ4n) is 2.20. The van der Waals surface area contributed by atoms with Crippen LogP contribution in [0, 0.1) is 11.3 Å². The van der Waals surface area contributed by atoms with Crippen LogP contribution in [0.25, 0.3) is 0 Å². The average molecular weight is 276 g/mol. The third-order valence-corrected chi connectivity index (χ3v) is 5.33. The van der Waals surface area contributed by atoms with Crippen molar-refractivity contribution in [1.82, 2.24) is 8.61 Å². The Bertz CT molecular complexity index is 383. The number of nitrogens with two attached hydrogens (primary N) is 1. The van der Waals surface area contributed by atoms with Gasteiger partial charge in [0.2, 0.25) is 0 Å². The van der Waals surface area contributed by atoms with Crippen molar-refractivity contribution in [3.8, 4) is 0 Å². The predicted octanol–water partition coefficient (Wildman–Crippen LogP) is 0.611. The van der Waals surface area contributed by atoms with Crippen molar-refractivity contribution in [3.05, 3.63) is 0 Å². The van der Waals surface area contributed by atoms with Crippen LogP contribution in [0.5, 0.6) is 0 Å².